The molecule has 0 aliphatic heterocycles. The number of benzene rings is 2. The molecule has 0 radical (unpaired) electrons. The van der Waals surface area contributed by atoms with E-state index in [2.05, 4.69) is 5.32 Å². The number of hydrogen-bond donors (Lipinski definition) is 4. The Morgan fingerprint density at radius 1 is 1.11 bits per heavy atom. The summed E-state index contributed by atoms with van der Waals surface area (Å²) >= 11 is 6.19. The van der Waals surface area contributed by atoms with Crippen LogP contribution >= 0.6 is 11.6 Å². The normalized spacial score (nSPS) is 27.1. The Labute approximate surface area is 206 Å². The Balaban J connectivity index is 1.56. The molecule has 1 amide bonds. The monoisotopic (exact) mass is 529 g/mol. The first-order valence-electron chi connectivity index (χ1n) is 11.1. The summed E-state index contributed by atoms with van der Waals surface area (Å²) in [6.45, 7) is 2.77. The lowest BCUT2D eigenvalue weighted by atomic mass is 9.50. The van der Waals surface area contributed by atoms with Gasteiger partial charge in [-0.25, -0.2) is 17.2 Å². The smallest absolute Gasteiger partial charge is 0.255 e. The summed E-state index contributed by atoms with van der Waals surface area (Å²) in [7, 11) is -4.02. The molecule has 0 aromatic heterocycles. The zero-order valence-electron chi connectivity index (χ0n) is 19.0. The number of fused-ring (bicyclic) bond motifs is 2. The lowest BCUT2D eigenvalue weighted by Gasteiger charge is -2.61. The van der Waals surface area contributed by atoms with E-state index in [0.29, 0.717) is 6.42 Å². The van der Waals surface area contributed by atoms with Gasteiger partial charge in [-0.15, -0.1) is 0 Å². The fourth-order valence-electron chi connectivity index (χ4n) is 5.28. The van der Waals surface area contributed by atoms with Crippen LogP contribution in [0.1, 0.15) is 43.5 Å². The molecule has 3 saturated carbocycles. The van der Waals surface area contributed by atoms with Gasteiger partial charge in [0.15, 0.2) is 21.5 Å². The molecule has 2 aromatic carbocycles. The van der Waals surface area contributed by atoms with Crippen molar-refractivity contribution < 1.29 is 37.3 Å². The van der Waals surface area contributed by atoms with Gasteiger partial charge in [-0.2, -0.15) is 0 Å². The molecule has 11 heteroatoms. The average molecular weight is 530 g/mol. The fraction of sp³-hybridized carbons (Fsp3) is 0.458. The molecule has 0 saturated heterocycles. The van der Waals surface area contributed by atoms with Gasteiger partial charge < -0.3 is 20.6 Å². The summed E-state index contributed by atoms with van der Waals surface area (Å²) in [5, 5.41) is 33.2. The highest BCUT2D eigenvalue weighted by molar-refractivity contribution is 7.92. The Bertz CT molecular complexity index is 1270. The number of anilines is 1. The first-order chi connectivity index (χ1) is 16.2. The highest BCUT2D eigenvalue weighted by atomic mass is 35.5. The molecule has 3 aliphatic carbocycles. The predicted octanol–water partition coefficient (Wildman–Crippen LogP) is 3.31. The SMILES string of the molecule is CC(C)(O)[C@@H](O)C1(O)C2CC1CC(S(=O)(=O)c1cc(C(=O)Nc3ccc(F)c(F)c3)ccc1Cl)C2. The van der Waals surface area contributed by atoms with Crippen LogP contribution in [0.5, 0.6) is 0 Å². The van der Waals surface area contributed by atoms with Crippen molar-refractivity contribution in [3.63, 3.8) is 0 Å². The number of hydrogen-bond acceptors (Lipinski definition) is 6. The van der Waals surface area contributed by atoms with Crippen molar-refractivity contribution in [2.45, 2.75) is 60.6 Å². The van der Waals surface area contributed by atoms with Crippen molar-refractivity contribution in [3.8, 4) is 0 Å². The standard InChI is InChI=1S/C24H26ClF2NO6S/c1-23(2,31)22(30)24(32)13-8-14(24)10-16(9-13)35(33,34)20-7-12(3-5-17(20)25)21(29)28-15-4-6-18(26)19(27)11-15/h3-7,11,13-14,16,22,30-32H,8-10H2,1-2H3,(H,28,29)/t13?,14?,16?,22-,24?/m1/s1. The molecule has 2 bridgehead atoms. The van der Waals surface area contributed by atoms with E-state index in [1.54, 1.807) is 0 Å². The number of aliphatic hydroxyl groups excluding tert-OH is 1. The minimum Gasteiger partial charge on any atom is -0.388 e. The largest absolute Gasteiger partial charge is 0.388 e. The quantitative estimate of drug-likeness (QED) is 0.455. The first-order valence-corrected chi connectivity index (χ1v) is 13.0. The third kappa shape index (κ3) is 4.46. The second kappa shape index (κ2) is 8.77. The van der Waals surface area contributed by atoms with Crippen LogP contribution in [0.2, 0.25) is 5.02 Å². The Kier molecular flexibility index (Phi) is 6.51. The molecule has 5 rings (SSSR count). The van der Waals surface area contributed by atoms with E-state index in [1.807, 2.05) is 0 Å². The first kappa shape index (κ1) is 26.0. The van der Waals surface area contributed by atoms with Crippen LogP contribution in [-0.4, -0.2) is 52.2 Å². The van der Waals surface area contributed by atoms with E-state index >= 15 is 0 Å². The van der Waals surface area contributed by atoms with Gasteiger partial charge in [0.1, 0.15) is 6.10 Å². The number of carbonyl (C=O) groups is 1. The van der Waals surface area contributed by atoms with Gasteiger partial charge >= 0.3 is 0 Å². The Morgan fingerprint density at radius 2 is 1.74 bits per heavy atom. The molecule has 4 N–H and O–H groups in total. The van der Waals surface area contributed by atoms with Crippen LogP contribution in [0.25, 0.3) is 0 Å². The summed E-state index contributed by atoms with van der Waals surface area (Å²) in [5.41, 5.74) is -3.20. The van der Waals surface area contributed by atoms with Crippen LogP contribution in [0.15, 0.2) is 41.3 Å². The second-order valence-electron chi connectivity index (χ2n) is 9.94. The van der Waals surface area contributed by atoms with Gasteiger partial charge in [-0.05, 0) is 75.3 Å². The molecule has 0 heterocycles. The van der Waals surface area contributed by atoms with Crippen molar-refractivity contribution in [1.82, 2.24) is 0 Å². The van der Waals surface area contributed by atoms with Crippen molar-refractivity contribution in [2.24, 2.45) is 11.8 Å². The molecule has 2 unspecified atom stereocenters. The minimum absolute atomic E-state index is 0.00900. The van der Waals surface area contributed by atoms with E-state index in [9.17, 15) is 37.3 Å². The number of aliphatic hydroxyl groups is 3. The molecular weight excluding hydrogens is 504 g/mol. The Hall–Kier alpha value is -2.11. The average Bonchev–Trinajstić information content (AvgIpc) is 2.79. The van der Waals surface area contributed by atoms with E-state index in [-0.39, 0.29) is 34.0 Å². The van der Waals surface area contributed by atoms with Crippen molar-refractivity contribution in [1.29, 1.82) is 0 Å². The van der Waals surface area contributed by atoms with Crippen molar-refractivity contribution >= 4 is 33.0 Å². The molecule has 3 atom stereocenters. The number of sulfone groups is 1. The van der Waals surface area contributed by atoms with Crippen molar-refractivity contribution in [2.75, 3.05) is 5.32 Å². The number of rotatable bonds is 6. The highest BCUT2D eigenvalue weighted by Crippen LogP contribution is 2.58. The second-order valence-corrected chi connectivity index (χ2v) is 12.5. The molecular formula is C24H26ClF2NO6S. The molecule has 35 heavy (non-hydrogen) atoms. The predicted molar refractivity (Wildman–Crippen MR) is 125 cm³/mol. The number of amides is 1. The van der Waals surface area contributed by atoms with Gasteiger partial charge in [0.05, 0.1) is 26.4 Å². The Morgan fingerprint density at radius 3 is 2.31 bits per heavy atom. The van der Waals surface area contributed by atoms with Gasteiger partial charge in [0.25, 0.3) is 5.91 Å². The maximum Gasteiger partial charge on any atom is 0.255 e. The van der Waals surface area contributed by atoms with E-state index in [4.69, 9.17) is 11.6 Å². The zero-order chi connectivity index (χ0) is 25.9. The molecule has 2 aromatic rings. The third-order valence-electron chi connectivity index (χ3n) is 7.20. The number of carbonyl (C=O) groups excluding carboxylic acids is 1. The van der Waals surface area contributed by atoms with Gasteiger partial charge in [-0.1, -0.05) is 11.6 Å². The zero-order valence-corrected chi connectivity index (χ0v) is 20.6. The summed E-state index contributed by atoms with van der Waals surface area (Å²) in [4.78, 5) is 12.4. The maximum absolute atomic E-state index is 13.5. The van der Waals surface area contributed by atoms with Crippen LogP contribution in [0.3, 0.4) is 0 Å². The fourth-order valence-corrected chi connectivity index (χ4v) is 7.68. The summed E-state index contributed by atoms with van der Waals surface area (Å²) in [6.07, 6.45) is -0.789. The van der Waals surface area contributed by atoms with Gasteiger partial charge in [0, 0.05) is 17.3 Å². The molecule has 3 fully saturated rings. The van der Waals surface area contributed by atoms with Crippen LogP contribution < -0.4 is 5.32 Å². The van der Waals surface area contributed by atoms with Crippen LogP contribution in [0, 0.1) is 23.5 Å². The minimum atomic E-state index is -4.02. The maximum atomic E-state index is 13.5. The van der Waals surface area contributed by atoms with Gasteiger partial charge in [-0.3, -0.25) is 4.79 Å². The highest BCUT2D eigenvalue weighted by Gasteiger charge is 2.65. The van der Waals surface area contributed by atoms with E-state index < -0.39 is 61.8 Å². The van der Waals surface area contributed by atoms with Gasteiger partial charge in [0.2, 0.25) is 0 Å². The number of halogens is 3. The van der Waals surface area contributed by atoms with Crippen LogP contribution in [0.4, 0.5) is 14.5 Å². The van der Waals surface area contributed by atoms with Crippen LogP contribution in [-0.2, 0) is 9.84 Å². The van der Waals surface area contributed by atoms with Crippen molar-refractivity contribution in [3.05, 3.63) is 58.6 Å². The van der Waals surface area contributed by atoms with E-state index in [1.165, 1.54) is 32.0 Å². The molecule has 7 nitrogen and oxygen atoms in total. The van der Waals surface area contributed by atoms with E-state index in [0.717, 1.165) is 18.2 Å². The summed E-state index contributed by atoms with van der Waals surface area (Å²) in [6, 6.07) is 6.54. The number of nitrogens with one attached hydrogen (secondary N) is 1. The summed E-state index contributed by atoms with van der Waals surface area (Å²) in [5.74, 6) is -4.01. The molecule has 3 aliphatic rings. The topological polar surface area (TPSA) is 124 Å². The lowest BCUT2D eigenvalue weighted by Crippen LogP contribution is -2.71. The molecule has 0 spiro atoms. The summed E-state index contributed by atoms with van der Waals surface area (Å²) < 4.78 is 53.5. The third-order valence-corrected chi connectivity index (χ3v) is 9.85. The lowest BCUT2D eigenvalue weighted by molar-refractivity contribution is -0.266. The molecule has 190 valence electrons.